The van der Waals surface area contributed by atoms with Crippen LogP contribution in [0.5, 0.6) is 5.75 Å². The number of fused-ring (bicyclic) bond motifs is 3. The van der Waals surface area contributed by atoms with Crippen LogP contribution in [0.4, 0.5) is 5.69 Å². The highest BCUT2D eigenvalue weighted by Gasteiger charge is 2.69. The number of phenolic OH excluding ortho intramolecular Hbond substituents is 1. The maximum absolute atomic E-state index is 13.8. The third-order valence-corrected chi connectivity index (χ3v) is 8.98. The second-order valence-electron chi connectivity index (χ2n) is 11.5. The van der Waals surface area contributed by atoms with Crippen molar-refractivity contribution in [3.8, 4) is 5.75 Å². The predicted molar refractivity (Wildman–Crippen MR) is 141 cm³/mol. The topological polar surface area (TPSA) is 196 Å². The van der Waals surface area contributed by atoms with E-state index >= 15 is 0 Å². The fourth-order valence-corrected chi connectivity index (χ4v) is 6.91. The van der Waals surface area contributed by atoms with Gasteiger partial charge in [-0.05, 0) is 69.8 Å². The zero-order valence-corrected chi connectivity index (χ0v) is 22.8. The number of aromatic hydroxyl groups is 1. The molecule has 0 saturated heterocycles. The van der Waals surface area contributed by atoms with Crippen molar-refractivity contribution in [3.05, 3.63) is 22.2 Å². The Labute approximate surface area is 234 Å². The molecule has 4 unspecified atom stereocenters. The number of anilines is 1. The number of primary amides is 1. The molecule has 1 aromatic rings. The molecule has 12 nitrogen and oxygen atoms in total. The Bertz CT molecular complexity index is 1360. The number of nitrogens with zero attached hydrogens (tertiary/aromatic N) is 1. The van der Waals surface area contributed by atoms with Gasteiger partial charge in [-0.25, -0.2) is 0 Å². The molecular weight excluding hydrogens is 544 g/mol. The van der Waals surface area contributed by atoms with Crippen LogP contribution >= 0.6 is 11.6 Å². The highest BCUT2D eigenvalue weighted by molar-refractivity contribution is 6.35. The van der Waals surface area contributed by atoms with E-state index < -0.39 is 76.0 Å². The first-order chi connectivity index (χ1) is 18.8. The number of hydrogen-bond donors (Lipinski definition) is 5. The lowest BCUT2D eigenvalue weighted by molar-refractivity contribution is -0.181. The summed E-state index contributed by atoms with van der Waals surface area (Å²) < 4.78 is 0. The number of benzene rings is 1. The minimum atomic E-state index is -2.80. The van der Waals surface area contributed by atoms with Gasteiger partial charge in [0.05, 0.1) is 29.1 Å². The fraction of sp³-hybridized carbons (Fsp3) is 0.556. The van der Waals surface area contributed by atoms with Gasteiger partial charge >= 0.3 is 0 Å². The first-order valence-electron chi connectivity index (χ1n) is 13.2. The van der Waals surface area contributed by atoms with Gasteiger partial charge in [0.25, 0.3) is 0 Å². The SMILES string of the molecule is CN(C)[C@@H]1C(=O)C(C(N)=O)C(=O)[C@@]2(O)C(=O)C3C(=O)c4c(cc(Cl)c(NC(=O)CNCC5CC5)c4O)CC3CC12. The normalized spacial score (nSPS) is 31.5. The predicted octanol–water partition coefficient (Wildman–Crippen LogP) is -0.541. The van der Waals surface area contributed by atoms with Gasteiger partial charge in [0.1, 0.15) is 5.69 Å². The van der Waals surface area contributed by atoms with E-state index in [1.54, 1.807) is 0 Å². The van der Waals surface area contributed by atoms with Crippen molar-refractivity contribution in [3.63, 3.8) is 0 Å². The van der Waals surface area contributed by atoms with Crippen LogP contribution < -0.4 is 16.4 Å². The Morgan fingerprint density at radius 3 is 2.45 bits per heavy atom. The van der Waals surface area contributed by atoms with Crippen molar-refractivity contribution in [2.24, 2.45) is 35.3 Å². The molecule has 2 amide bonds. The number of rotatable bonds is 7. The molecule has 3 saturated carbocycles. The van der Waals surface area contributed by atoms with E-state index in [0.717, 1.165) is 12.8 Å². The minimum Gasteiger partial charge on any atom is -0.505 e. The molecule has 13 heteroatoms. The van der Waals surface area contributed by atoms with Crippen molar-refractivity contribution >= 4 is 52.2 Å². The summed E-state index contributed by atoms with van der Waals surface area (Å²) in [6.07, 6.45) is 2.22. The summed E-state index contributed by atoms with van der Waals surface area (Å²) in [7, 11) is 3.04. The maximum atomic E-state index is 13.8. The Morgan fingerprint density at radius 2 is 1.85 bits per heavy atom. The van der Waals surface area contributed by atoms with E-state index in [-0.39, 0.29) is 35.7 Å². The van der Waals surface area contributed by atoms with E-state index in [0.29, 0.717) is 18.0 Å². The third-order valence-electron chi connectivity index (χ3n) is 8.68. The summed E-state index contributed by atoms with van der Waals surface area (Å²) in [4.78, 5) is 80.0. The van der Waals surface area contributed by atoms with Gasteiger partial charge in [0.2, 0.25) is 11.8 Å². The summed E-state index contributed by atoms with van der Waals surface area (Å²) in [5, 5.41) is 28.2. The van der Waals surface area contributed by atoms with Crippen LogP contribution in [0.1, 0.15) is 35.2 Å². The van der Waals surface area contributed by atoms with Crippen LogP contribution in [0.15, 0.2) is 6.07 Å². The first kappa shape index (κ1) is 28.3. The van der Waals surface area contributed by atoms with Crippen LogP contribution in [0.3, 0.4) is 0 Å². The summed E-state index contributed by atoms with van der Waals surface area (Å²) in [5.74, 6) is -11.5. The number of phenols is 1. The van der Waals surface area contributed by atoms with E-state index in [9.17, 15) is 39.0 Å². The van der Waals surface area contributed by atoms with E-state index in [1.807, 2.05) is 0 Å². The van der Waals surface area contributed by atoms with Crippen molar-refractivity contribution in [1.29, 1.82) is 0 Å². The first-order valence-corrected chi connectivity index (χ1v) is 13.6. The van der Waals surface area contributed by atoms with Gasteiger partial charge in [-0.1, -0.05) is 11.6 Å². The highest BCUT2D eigenvalue weighted by atomic mass is 35.5. The van der Waals surface area contributed by atoms with Gasteiger partial charge < -0.3 is 26.6 Å². The van der Waals surface area contributed by atoms with Crippen LogP contribution in [0, 0.1) is 29.6 Å². The molecule has 214 valence electrons. The summed E-state index contributed by atoms with van der Waals surface area (Å²) in [5.41, 5.74) is 2.43. The number of aliphatic hydroxyl groups is 1. The van der Waals surface area contributed by atoms with Crippen LogP contribution in [0.2, 0.25) is 5.02 Å². The molecule has 0 heterocycles. The lowest BCUT2D eigenvalue weighted by atomic mass is 9.52. The molecule has 6 atom stereocenters. The van der Waals surface area contributed by atoms with Crippen molar-refractivity contribution in [1.82, 2.24) is 10.2 Å². The molecule has 1 aromatic carbocycles. The average molecular weight is 575 g/mol. The number of carbonyl (C=O) groups excluding carboxylic acids is 6. The number of Topliss-reactive ketones (excluding diaryl/α,β-unsaturated/α-hetero) is 4. The molecule has 0 bridgehead atoms. The summed E-state index contributed by atoms with van der Waals surface area (Å²) in [6.45, 7) is 0.643. The van der Waals surface area contributed by atoms with Crippen LogP contribution in [-0.2, 0) is 30.4 Å². The number of nitrogens with one attached hydrogen (secondary N) is 2. The van der Waals surface area contributed by atoms with Gasteiger partial charge in [0, 0.05) is 5.92 Å². The molecule has 6 N–H and O–H groups in total. The second kappa shape index (κ2) is 10.0. The number of carbonyl (C=O) groups is 6. The number of hydrogen-bond acceptors (Lipinski definition) is 10. The minimum absolute atomic E-state index is 0.00447. The van der Waals surface area contributed by atoms with Crippen LogP contribution in [-0.4, -0.2) is 88.9 Å². The third kappa shape index (κ3) is 4.33. The number of halogens is 1. The number of nitrogens with two attached hydrogens (primary N) is 1. The largest absolute Gasteiger partial charge is 0.505 e. The molecule has 5 rings (SSSR count). The smallest absolute Gasteiger partial charge is 0.238 e. The molecule has 0 spiro atoms. The zero-order valence-electron chi connectivity index (χ0n) is 22.0. The van der Waals surface area contributed by atoms with E-state index in [1.165, 1.54) is 25.1 Å². The Kier molecular flexibility index (Phi) is 7.10. The number of ketones is 4. The van der Waals surface area contributed by atoms with Gasteiger partial charge in [0.15, 0.2) is 40.4 Å². The maximum Gasteiger partial charge on any atom is 0.238 e. The Morgan fingerprint density at radius 1 is 1.18 bits per heavy atom. The van der Waals surface area contributed by atoms with E-state index in [4.69, 9.17) is 17.3 Å². The van der Waals surface area contributed by atoms with Crippen LogP contribution in [0.25, 0.3) is 0 Å². The van der Waals surface area contributed by atoms with Crippen molar-refractivity contribution < 1.29 is 39.0 Å². The molecule has 4 aliphatic carbocycles. The highest BCUT2D eigenvalue weighted by Crippen LogP contribution is 2.52. The molecule has 3 fully saturated rings. The quantitative estimate of drug-likeness (QED) is 0.208. The molecule has 4 aliphatic rings. The standard InChI is InChI=1S/C27H31ClN4O8/c1-32(2)20-13-6-11-5-12-7-14(28)19(31-15(33)9-30-8-10-3-4-10)22(35)16(12)21(34)17(11)24(37)27(13,40)25(38)18(23(20)36)26(29)39/h7,10-11,13,17-18,20,30,35,40H,3-6,8-9H2,1-2H3,(H2,29,39)(H,31,33)/t11?,13?,17?,18?,20-,27-/m0/s1. The molecule has 0 aromatic heterocycles. The average Bonchev–Trinajstić information content (AvgIpc) is 3.68. The summed E-state index contributed by atoms with van der Waals surface area (Å²) in [6, 6.07) is 0.261. The lowest BCUT2D eigenvalue weighted by Crippen LogP contribution is -2.74. The van der Waals surface area contributed by atoms with E-state index in [2.05, 4.69) is 10.6 Å². The second-order valence-corrected chi connectivity index (χ2v) is 11.9. The monoisotopic (exact) mass is 574 g/mol. The lowest BCUT2D eigenvalue weighted by Gasteiger charge is -2.52. The number of likely N-dealkylation sites (N-methyl/N-ethyl adjacent to an activating group) is 1. The van der Waals surface area contributed by atoms with Gasteiger partial charge in [-0.3, -0.25) is 33.7 Å². The zero-order chi connectivity index (χ0) is 29.3. The Balaban J connectivity index is 1.49. The molecular formula is C27H31ClN4O8. The molecule has 0 radical (unpaired) electrons. The fourth-order valence-electron chi connectivity index (χ4n) is 6.64. The Hall–Kier alpha value is -3.19. The summed E-state index contributed by atoms with van der Waals surface area (Å²) >= 11 is 6.38. The van der Waals surface area contributed by atoms with Crippen molar-refractivity contribution in [2.75, 3.05) is 32.5 Å². The van der Waals surface area contributed by atoms with Gasteiger partial charge in [-0.15, -0.1) is 0 Å². The molecule has 0 aliphatic heterocycles. The van der Waals surface area contributed by atoms with Gasteiger partial charge in [-0.2, -0.15) is 0 Å². The molecule has 40 heavy (non-hydrogen) atoms. The number of amides is 2. The van der Waals surface area contributed by atoms with Crippen molar-refractivity contribution in [2.45, 2.75) is 37.3 Å².